The normalized spacial score (nSPS) is 54.0. The maximum Gasteiger partial charge on any atom is 0.335 e. The Hall–Kier alpha value is -2.21. The summed E-state index contributed by atoms with van der Waals surface area (Å²) in [7, 11) is 0. The van der Waals surface area contributed by atoms with Gasteiger partial charge in [-0.05, 0) is 111 Å². The van der Waals surface area contributed by atoms with Gasteiger partial charge in [0.2, 0.25) is 0 Å². The smallest absolute Gasteiger partial charge is 0.335 e. The van der Waals surface area contributed by atoms with Gasteiger partial charge in [-0.25, -0.2) is 4.79 Å². The minimum absolute atomic E-state index is 0.000558. The molecule has 0 unspecified atom stereocenters. The largest absolute Gasteiger partial charge is 0.481 e. The predicted octanol–water partition coefficient (Wildman–Crippen LogP) is 1.01. The van der Waals surface area contributed by atoms with E-state index in [4.69, 9.17) is 28.4 Å². The van der Waals surface area contributed by atoms with Crippen molar-refractivity contribution in [1.29, 1.82) is 0 Å². The average Bonchev–Trinajstić information content (AvgIpc) is 3.27. The number of aliphatic carboxylic acids is 2. The van der Waals surface area contributed by atoms with Crippen LogP contribution in [0.3, 0.4) is 0 Å². The lowest BCUT2D eigenvalue weighted by Gasteiger charge is -2.71. The molecule has 5 aliphatic carbocycles. The fourth-order valence-corrected chi connectivity index (χ4v) is 14.9. The van der Waals surface area contributed by atoms with Crippen LogP contribution in [0.5, 0.6) is 0 Å². The molecule has 24 atom stereocenters. The van der Waals surface area contributed by atoms with E-state index in [1.54, 1.807) is 6.92 Å². The number of carboxylic acids is 2. The maximum atomic E-state index is 13.8. The number of aldehydes is 1. The average molecular weight is 955 g/mol. The number of carbonyl (C=O) groups excluding carboxylic acids is 1. The maximum absolute atomic E-state index is 13.8. The van der Waals surface area contributed by atoms with Crippen LogP contribution in [0, 0.1) is 50.2 Å². The lowest BCUT2D eigenvalue weighted by molar-refractivity contribution is -0.394. The highest BCUT2D eigenvalue weighted by Gasteiger charge is 2.70. The van der Waals surface area contributed by atoms with E-state index in [0.717, 1.165) is 32.0 Å². The number of fused-ring (bicyclic) bond motifs is 7. The molecule has 19 nitrogen and oxygen atoms in total. The zero-order valence-corrected chi connectivity index (χ0v) is 39.5. The Morgan fingerprint density at radius 1 is 0.701 bits per heavy atom. The summed E-state index contributed by atoms with van der Waals surface area (Å²) in [5, 5.41) is 107. The van der Waals surface area contributed by atoms with Gasteiger partial charge in [-0.15, -0.1) is 0 Å². The Morgan fingerprint density at radius 3 is 1.96 bits per heavy atom. The third-order valence-corrected chi connectivity index (χ3v) is 19.3. The van der Waals surface area contributed by atoms with Gasteiger partial charge in [0.25, 0.3) is 0 Å². The quantitative estimate of drug-likeness (QED) is 0.0830. The molecular formula is C48H74O19. The molecule has 3 heterocycles. The highest BCUT2D eigenvalue weighted by Crippen LogP contribution is 2.76. The van der Waals surface area contributed by atoms with Gasteiger partial charge in [0.05, 0.1) is 29.6 Å². The van der Waals surface area contributed by atoms with E-state index in [2.05, 4.69) is 40.7 Å². The molecule has 4 saturated carbocycles. The van der Waals surface area contributed by atoms with Gasteiger partial charge in [0, 0.05) is 0 Å². The minimum atomic E-state index is -2.13. The number of hydrogen-bond acceptors (Lipinski definition) is 17. The number of aliphatic hydroxyl groups is 8. The summed E-state index contributed by atoms with van der Waals surface area (Å²) >= 11 is 0. The van der Waals surface area contributed by atoms with Crippen LogP contribution in [0.25, 0.3) is 0 Å². The van der Waals surface area contributed by atoms with E-state index in [0.29, 0.717) is 32.1 Å². The van der Waals surface area contributed by atoms with Gasteiger partial charge >= 0.3 is 11.9 Å². The van der Waals surface area contributed by atoms with Crippen LogP contribution in [0.1, 0.15) is 113 Å². The van der Waals surface area contributed by atoms with Crippen LogP contribution >= 0.6 is 0 Å². The number of ether oxygens (including phenoxy) is 6. The Balaban J connectivity index is 1.12. The Kier molecular flexibility index (Phi) is 13.6. The number of carboxylic acid groups (broad SMARTS) is 2. The summed E-state index contributed by atoms with van der Waals surface area (Å²) in [6.07, 6.45) is -18.3. The standard InChI is InChI=1S/C48H74O19/c1-21-28(51)30(53)32(55)39(62-21)65-35-34(57)36(38(58)59)66-41(37(35)67-40-33(56)31(54)29(52)24(19-49)63-40)64-27-11-12-44(4)25(45(27,5)20-50)10-13-47(7)26(44)9-8-22-23-18-43(2,3)14-16-48(23,42(60)61)17-15-46(22,47)6/h8,20-21,23-37,39-41,49,51-57H,9-19H2,1-7H3,(H,58,59)(H,60,61)/t21-,23-,24+,25+,26+,27-,28-,29+,30+,31-,32+,33+,34-,35-,36-,37+,39-,40-,41+,44-,45-,46+,47+,48-/m0/s1. The van der Waals surface area contributed by atoms with Crippen molar-refractivity contribution in [3.8, 4) is 0 Å². The topological polar surface area (TPSA) is 309 Å². The van der Waals surface area contributed by atoms with Crippen molar-refractivity contribution in [3.05, 3.63) is 11.6 Å². The third-order valence-electron chi connectivity index (χ3n) is 19.3. The molecule has 7 fully saturated rings. The third kappa shape index (κ3) is 7.88. The van der Waals surface area contributed by atoms with E-state index < -0.39 is 133 Å². The van der Waals surface area contributed by atoms with Crippen LogP contribution in [0.2, 0.25) is 0 Å². The van der Waals surface area contributed by atoms with Gasteiger partial charge < -0.3 is 84.3 Å². The summed E-state index contributed by atoms with van der Waals surface area (Å²) < 4.78 is 36.3. The van der Waals surface area contributed by atoms with Gasteiger partial charge in [-0.3, -0.25) is 4.79 Å². The fraction of sp³-hybridized carbons (Fsp3) is 0.896. The molecule has 380 valence electrons. The summed E-state index contributed by atoms with van der Waals surface area (Å²) in [4.78, 5) is 39.8. The molecule has 67 heavy (non-hydrogen) atoms. The van der Waals surface area contributed by atoms with Crippen molar-refractivity contribution in [2.45, 2.75) is 211 Å². The van der Waals surface area contributed by atoms with Crippen molar-refractivity contribution < 1.29 is 93.9 Å². The van der Waals surface area contributed by atoms with E-state index in [1.807, 2.05) is 0 Å². The van der Waals surface area contributed by atoms with Gasteiger partial charge in [-0.1, -0.05) is 53.2 Å². The minimum Gasteiger partial charge on any atom is -0.481 e. The summed E-state index contributed by atoms with van der Waals surface area (Å²) in [6, 6.07) is 0. The summed E-state index contributed by atoms with van der Waals surface area (Å²) in [6.45, 7) is 13.8. The number of hydrogen-bond donors (Lipinski definition) is 10. The van der Waals surface area contributed by atoms with Crippen LogP contribution in [0.15, 0.2) is 11.6 Å². The predicted molar refractivity (Wildman–Crippen MR) is 230 cm³/mol. The van der Waals surface area contributed by atoms with Gasteiger partial charge in [-0.2, -0.15) is 0 Å². The van der Waals surface area contributed by atoms with Crippen molar-refractivity contribution in [2.75, 3.05) is 6.61 Å². The highest BCUT2D eigenvalue weighted by atomic mass is 16.8. The molecule has 0 amide bonds. The van der Waals surface area contributed by atoms with Crippen molar-refractivity contribution in [2.24, 2.45) is 50.2 Å². The number of rotatable bonds is 10. The van der Waals surface area contributed by atoms with Gasteiger partial charge in [0.1, 0.15) is 67.3 Å². The molecule has 8 aliphatic rings. The van der Waals surface area contributed by atoms with Gasteiger partial charge in [0.15, 0.2) is 25.0 Å². The Morgan fingerprint density at radius 2 is 1.33 bits per heavy atom. The molecule has 0 bridgehead atoms. The van der Waals surface area contributed by atoms with E-state index in [-0.39, 0.29) is 40.4 Å². The van der Waals surface area contributed by atoms with E-state index >= 15 is 0 Å². The van der Waals surface area contributed by atoms with Crippen LogP contribution in [-0.4, -0.2) is 174 Å². The fourth-order valence-electron chi connectivity index (χ4n) is 14.9. The van der Waals surface area contributed by atoms with Crippen LogP contribution in [-0.2, 0) is 42.8 Å². The van der Waals surface area contributed by atoms with Crippen molar-refractivity contribution in [1.82, 2.24) is 0 Å². The molecular weight excluding hydrogens is 881 g/mol. The van der Waals surface area contributed by atoms with E-state index in [1.165, 1.54) is 12.5 Å². The molecule has 0 radical (unpaired) electrons. The monoisotopic (exact) mass is 954 g/mol. The SMILES string of the molecule is C[C@@H]1O[C@@H](O[C@H]2[C@H](O)[C@@H](C(=O)O)O[C@@H](O[C@H]3CC[C@]4(C)[C@H]5CC=C6[C@@H]7CC(C)(C)CC[C@]7(C(=O)O)CC[C@@]6(C)[C@]5(C)CC[C@H]4[C@]3(C)C=O)[C@@H]2O[C@@H]2O[C@H](CO)[C@@H](O)[C@H](O)[C@H]2O)[C@H](O)[C@H](O)[C@H]1O. The summed E-state index contributed by atoms with van der Waals surface area (Å²) in [5.41, 5.74) is -1.73. The number of carbonyl (C=O) groups is 3. The molecule has 0 aromatic rings. The lowest BCUT2D eigenvalue weighted by Crippen LogP contribution is -2.69. The van der Waals surface area contributed by atoms with Crippen LogP contribution in [0.4, 0.5) is 0 Å². The molecule has 3 aliphatic heterocycles. The first-order valence-electron chi connectivity index (χ1n) is 24.2. The zero-order valence-electron chi connectivity index (χ0n) is 39.5. The first kappa shape index (κ1) is 51.2. The molecule has 0 spiro atoms. The molecule has 0 aromatic carbocycles. The second-order valence-corrected chi connectivity index (χ2v) is 23.2. The molecule has 19 heteroatoms. The Bertz CT molecular complexity index is 1910. The number of allylic oxidation sites excluding steroid dienone is 2. The second-order valence-electron chi connectivity index (χ2n) is 23.2. The molecule has 0 aromatic heterocycles. The Labute approximate surface area is 390 Å². The van der Waals surface area contributed by atoms with Crippen LogP contribution < -0.4 is 0 Å². The van der Waals surface area contributed by atoms with Crippen molar-refractivity contribution >= 4 is 18.2 Å². The second kappa shape index (κ2) is 17.8. The first-order valence-corrected chi connectivity index (χ1v) is 24.2. The first-order chi connectivity index (χ1) is 31.2. The highest BCUT2D eigenvalue weighted by molar-refractivity contribution is 5.77. The summed E-state index contributed by atoms with van der Waals surface area (Å²) in [5.74, 6) is -2.63. The lowest BCUT2D eigenvalue weighted by atomic mass is 9.33. The van der Waals surface area contributed by atoms with Crippen molar-refractivity contribution in [3.63, 3.8) is 0 Å². The number of aliphatic hydroxyl groups excluding tert-OH is 8. The zero-order chi connectivity index (χ0) is 49.1. The molecule has 10 N–H and O–H groups in total. The molecule has 3 saturated heterocycles. The van der Waals surface area contributed by atoms with E-state index in [9.17, 15) is 65.4 Å². The molecule has 8 rings (SSSR count).